The van der Waals surface area contributed by atoms with E-state index in [0.29, 0.717) is 17.7 Å². The Morgan fingerprint density at radius 3 is 2.73 bits per heavy atom. The van der Waals surface area contributed by atoms with Crippen LogP contribution in [0.15, 0.2) is 42.5 Å². The second kappa shape index (κ2) is 9.31. The lowest BCUT2D eigenvalue weighted by molar-refractivity contribution is -0.0565. The average Bonchev–Trinajstić information content (AvgIpc) is 2.80. The Hall–Kier alpha value is -2.04. The van der Waals surface area contributed by atoms with E-state index in [1.807, 2.05) is 12.1 Å². The maximum absolute atomic E-state index is 11.3. The first kappa shape index (κ1) is 22.7. The summed E-state index contributed by atoms with van der Waals surface area (Å²) >= 11 is 0. The Kier molecular flexibility index (Phi) is 6.41. The minimum Gasteiger partial charge on any atom is -0.508 e. The minimum absolute atomic E-state index is 0.0263. The molecule has 178 valence electrons. The Balaban J connectivity index is 1.45. The Morgan fingerprint density at radius 1 is 1.06 bits per heavy atom. The highest BCUT2D eigenvalue weighted by atomic mass is 16.5. The number of benzene rings is 2. The van der Waals surface area contributed by atoms with Crippen molar-refractivity contribution in [1.82, 2.24) is 0 Å². The van der Waals surface area contributed by atoms with Crippen LogP contribution in [0.2, 0.25) is 0 Å². The third-order valence-corrected chi connectivity index (χ3v) is 8.59. The molecule has 4 nitrogen and oxygen atoms in total. The molecule has 2 aliphatic carbocycles. The van der Waals surface area contributed by atoms with Crippen LogP contribution >= 0.6 is 0 Å². The van der Waals surface area contributed by atoms with Crippen molar-refractivity contribution >= 4 is 5.69 Å². The number of hydrogen-bond acceptors (Lipinski definition) is 4. The van der Waals surface area contributed by atoms with Crippen molar-refractivity contribution in [3.8, 4) is 5.75 Å². The maximum Gasteiger partial charge on any atom is 0.115 e. The number of hydrogen-bond donors (Lipinski definition) is 3. The Bertz CT molecular complexity index is 969. The van der Waals surface area contributed by atoms with Crippen LogP contribution in [0.5, 0.6) is 5.75 Å². The van der Waals surface area contributed by atoms with Crippen LogP contribution in [-0.2, 0) is 23.0 Å². The van der Waals surface area contributed by atoms with Gasteiger partial charge in [0.25, 0.3) is 0 Å². The summed E-state index contributed by atoms with van der Waals surface area (Å²) in [5.41, 5.74) is 4.76. The van der Waals surface area contributed by atoms with Gasteiger partial charge in [-0.15, -0.1) is 0 Å². The highest BCUT2D eigenvalue weighted by Crippen LogP contribution is 2.55. The van der Waals surface area contributed by atoms with E-state index in [9.17, 15) is 10.2 Å². The molecule has 1 unspecified atom stereocenters. The summed E-state index contributed by atoms with van der Waals surface area (Å²) in [7, 11) is 0. The lowest BCUT2D eigenvalue weighted by Gasteiger charge is -2.53. The number of aliphatic hydroxyl groups is 1. The van der Waals surface area contributed by atoms with Crippen LogP contribution in [0.25, 0.3) is 0 Å². The van der Waals surface area contributed by atoms with Crippen molar-refractivity contribution in [2.24, 2.45) is 5.92 Å². The highest BCUT2D eigenvalue weighted by Gasteiger charge is 2.51. The van der Waals surface area contributed by atoms with E-state index < -0.39 is 5.60 Å². The monoisotopic (exact) mass is 449 g/mol. The first-order valence-corrected chi connectivity index (χ1v) is 13.0. The zero-order valence-electron chi connectivity index (χ0n) is 20.0. The topological polar surface area (TPSA) is 61.7 Å². The SMILES string of the molecule is CCCC1(O)CC[C@@]2(Cc3cccc(NC4CCOCC4)c3)c3ccc(O)cc3CC[C@H]2C1. The largest absolute Gasteiger partial charge is 0.508 e. The lowest BCUT2D eigenvalue weighted by atomic mass is 9.52. The molecule has 2 aromatic rings. The molecule has 0 amide bonds. The molecular formula is C29H39NO3. The molecule has 0 spiro atoms. The number of nitrogens with one attached hydrogen (secondary N) is 1. The Morgan fingerprint density at radius 2 is 1.91 bits per heavy atom. The number of phenols is 1. The molecular weight excluding hydrogens is 410 g/mol. The van der Waals surface area contributed by atoms with E-state index in [2.05, 4.69) is 42.6 Å². The summed E-state index contributed by atoms with van der Waals surface area (Å²) in [6, 6.07) is 15.5. The van der Waals surface area contributed by atoms with E-state index in [-0.39, 0.29) is 5.41 Å². The number of aryl methyl sites for hydroxylation is 1. The molecule has 1 saturated carbocycles. The standard InChI is InChI=1S/C29H39NO3/c1-2-12-28(32)13-14-29(23(20-28)7-6-22-18-26(31)8-9-27(22)29)19-21-4-3-5-25(17-21)30-24-10-15-33-16-11-24/h3-5,8-9,17-18,23-24,30-32H,2,6-7,10-16,19-20H2,1H3/t23-,28?,29-/m0/s1. The number of rotatable bonds is 6. The molecule has 1 heterocycles. The molecule has 0 aromatic heterocycles. The molecule has 33 heavy (non-hydrogen) atoms. The summed E-state index contributed by atoms with van der Waals surface area (Å²) in [5.74, 6) is 0.829. The molecule has 5 rings (SSSR count). The van der Waals surface area contributed by atoms with Gasteiger partial charge in [0.2, 0.25) is 0 Å². The molecule has 3 N–H and O–H groups in total. The molecule has 0 bridgehead atoms. The van der Waals surface area contributed by atoms with Gasteiger partial charge < -0.3 is 20.3 Å². The van der Waals surface area contributed by atoms with Gasteiger partial charge >= 0.3 is 0 Å². The van der Waals surface area contributed by atoms with Crippen molar-refractivity contribution in [1.29, 1.82) is 0 Å². The van der Waals surface area contributed by atoms with Crippen LogP contribution < -0.4 is 5.32 Å². The van der Waals surface area contributed by atoms with Crippen molar-refractivity contribution in [3.63, 3.8) is 0 Å². The molecule has 1 saturated heterocycles. The third kappa shape index (κ3) is 4.65. The zero-order chi connectivity index (χ0) is 22.9. The van der Waals surface area contributed by atoms with Gasteiger partial charge in [-0.2, -0.15) is 0 Å². The first-order valence-electron chi connectivity index (χ1n) is 13.0. The molecule has 4 heteroatoms. The second-order valence-electron chi connectivity index (χ2n) is 10.8. The van der Waals surface area contributed by atoms with Gasteiger partial charge in [0.1, 0.15) is 5.75 Å². The number of fused-ring (bicyclic) bond motifs is 3. The van der Waals surface area contributed by atoms with E-state index in [1.54, 1.807) is 0 Å². The lowest BCUT2D eigenvalue weighted by Crippen LogP contribution is -2.51. The fourth-order valence-electron chi connectivity index (χ4n) is 6.98. The quantitative estimate of drug-likeness (QED) is 0.526. The smallest absolute Gasteiger partial charge is 0.115 e. The van der Waals surface area contributed by atoms with Gasteiger partial charge in [-0.25, -0.2) is 0 Å². The first-order chi connectivity index (χ1) is 16.0. The van der Waals surface area contributed by atoms with Crippen LogP contribution in [-0.4, -0.2) is 35.1 Å². The molecule has 2 aromatic carbocycles. The van der Waals surface area contributed by atoms with Crippen LogP contribution in [0.4, 0.5) is 5.69 Å². The third-order valence-electron chi connectivity index (χ3n) is 8.59. The number of aromatic hydroxyl groups is 1. The van der Waals surface area contributed by atoms with Crippen molar-refractivity contribution in [3.05, 3.63) is 59.2 Å². The van der Waals surface area contributed by atoms with Crippen LogP contribution in [0.3, 0.4) is 0 Å². The summed E-state index contributed by atoms with van der Waals surface area (Å²) in [4.78, 5) is 0. The van der Waals surface area contributed by atoms with Gasteiger partial charge in [0.15, 0.2) is 0 Å². The van der Waals surface area contributed by atoms with E-state index in [4.69, 9.17) is 4.74 Å². The van der Waals surface area contributed by atoms with Crippen LogP contribution in [0.1, 0.15) is 75.0 Å². The summed E-state index contributed by atoms with van der Waals surface area (Å²) in [6.07, 6.45) is 9.86. The normalized spacial score (nSPS) is 29.8. The number of anilines is 1. The predicted molar refractivity (Wildman–Crippen MR) is 133 cm³/mol. The van der Waals surface area contributed by atoms with Gasteiger partial charge in [-0.1, -0.05) is 31.5 Å². The molecule has 3 atom stereocenters. The molecule has 3 aliphatic rings. The number of ether oxygens (including phenoxy) is 1. The van der Waals surface area contributed by atoms with Gasteiger partial charge in [0.05, 0.1) is 5.60 Å². The van der Waals surface area contributed by atoms with Crippen molar-refractivity contribution in [2.45, 2.75) is 88.2 Å². The van der Waals surface area contributed by atoms with Crippen LogP contribution in [0, 0.1) is 5.92 Å². The average molecular weight is 450 g/mol. The number of phenolic OH excluding ortho intramolecular Hbond substituents is 1. The fourth-order valence-corrected chi connectivity index (χ4v) is 6.98. The van der Waals surface area contributed by atoms with Gasteiger partial charge in [-0.3, -0.25) is 0 Å². The maximum atomic E-state index is 11.3. The van der Waals surface area contributed by atoms with E-state index in [0.717, 1.165) is 77.4 Å². The zero-order valence-corrected chi connectivity index (χ0v) is 20.0. The van der Waals surface area contributed by atoms with Crippen molar-refractivity contribution in [2.75, 3.05) is 18.5 Å². The van der Waals surface area contributed by atoms with E-state index >= 15 is 0 Å². The minimum atomic E-state index is -0.524. The molecule has 1 aliphatic heterocycles. The van der Waals surface area contributed by atoms with Gasteiger partial charge in [0, 0.05) is 30.4 Å². The molecule has 0 radical (unpaired) electrons. The van der Waals surface area contributed by atoms with Gasteiger partial charge in [-0.05, 0) is 105 Å². The summed E-state index contributed by atoms with van der Waals surface area (Å²) in [6.45, 7) is 3.86. The van der Waals surface area contributed by atoms with E-state index in [1.165, 1.54) is 22.4 Å². The molecule has 2 fully saturated rings. The fraction of sp³-hybridized carbons (Fsp3) is 0.586. The Labute approximate surface area is 198 Å². The summed E-state index contributed by atoms with van der Waals surface area (Å²) < 4.78 is 5.52. The highest BCUT2D eigenvalue weighted by molar-refractivity contribution is 5.49. The summed E-state index contributed by atoms with van der Waals surface area (Å²) in [5, 5.41) is 25.2. The van der Waals surface area contributed by atoms with Crippen molar-refractivity contribution < 1.29 is 14.9 Å². The predicted octanol–water partition coefficient (Wildman–Crippen LogP) is 5.74. The second-order valence-corrected chi connectivity index (χ2v) is 10.8.